The van der Waals surface area contributed by atoms with Gasteiger partial charge in [-0.2, -0.15) is 0 Å². The molecule has 6 heteroatoms. The zero-order valence-corrected chi connectivity index (χ0v) is 10.9. The number of rotatable bonds is 5. The van der Waals surface area contributed by atoms with Gasteiger partial charge in [0, 0.05) is 6.42 Å². The molecule has 0 aliphatic carbocycles. The van der Waals surface area contributed by atoms with Crippen molar-refractivity contribution in [2.75, 3.05) is 6.54 Å². The van der Waals surface area contributed by atoms with Crippen LogP contribution in [0.5, 0.6) is 0 Å². The molecule has 0 bridgehead atoms. The van der Waals surface area contributed by atoms with Gasteiger partial charge in [-0.1, -0.05) is 6.92 Å². The van der Waals surface area contributed by atoms with Crippen molar-refractivity contribution in [1.82, 2.24) is 15.3 Å². The van der Waals surface area contributed by atoms with Gasteiger partial charge in [0.1, 0.15) is 22.9 Å². The molecule has 0 fully saturated rings. The molecule has 1 atom stereocenters. The van der Waals surface area contributed by atoms with Gasteiger partial charge in [-0.15, -0.1) is 0 Å². The molecule has 6 nitrogen and oxygen atoms in total. The largest absolute Gasteiger partial charge is 0.466 e. The predicted octanol–water partition coefficient (Wildman–Crippen LogP) is 1.20. The molecule has 19 heavy (non-hydrogen) atoms. The summed E-state index contributed by atoms with van der Waals surface area (Å²) in [6, 6.07) is 3.35. The van der Waals surface area contributed by atoms with Gasteiger partial charge in [-0.05, 0) is 19.1 Å². The Labute approximate surface area is 110 Å². The third-order valence-electron chi connectivity index (χ3n) is 2.85. The maximum absolute atomic E-state index is 11.9. The van der Waals surface area contributed by atoms with Crippen LogP contribution in [-0.4, -0.2) is 27.5 Å². The minimum absolute atomic E-state index is 0.0554. The lowest BCUT2D eigenvalue weighted by atomic mass is 10.0. The highest BCUT2D eigenvalue weighted by Gasteiger charge is 2.27. The van der Waals surface area contributed by atoms with Gasteiger partial charge < -0.3 is 19.8 Å². The second-order valence-electron chi connectivity index (χ2n) is 4.53. The molecule has 2 rings (SSSR count). The Kier molecular flexibility index (Phi) is 3.71. The molecule has 1 amide bonds. The molecule has 0 aromatic carbocycles. The summed E-state index contributed by atoms with van der Waals surface area (Å²) in [6.45, 7) is 3.58. The number of hydrogen-bond donors (Lipinski definition) is 3. The van der Waals surface area contributed by atoms with Gasteiger partial charge >= 0.3 is 0 Å². The molecule has 0 spiro atoms. The fourth-order valence-corrected chi connectivity index (χ4v) is 1.68. The molecule has 2 aromatic heterocycles. The molecule has 0 saturated carbocycles. The van der Waals surface area contributed by atoms with Crippen LogP contribution in [0, 0.1) is 0 Å². The van der Waals surface area contributed by atoms with Crippen LogP contribution in [0.15, 0.2) is 29.0 Å². The van der Waals surface area contributed by atoms with Gasteiger partial charge in [-0.25, -0.2) is 4.98 Å². The van der Waals surface area contributed by atoms with Crippen LogP contribution in [0.2, 0.25) is 0 Å². The van der Waals surface area contributed by atoms with Crippen LogP contribution >= 0.6 is 0 Å². The average Bonchev–Trinajstić information content (AvgIpc) is 3.06. The second-order valence-corrected chi connectivity index (χ2v) is 4.53. The fourth-order valence-electron chi connectivity index (χ4n) is 1.68. The van der Waals surface area contributed by atoms with E-state index in [0.717, 1.165) is 12.2 Å². The van der Waals surface area contributed by atoms with E-state index in [2.05, 4.69) is 15.3 Å². The molecular formula is C13H17N3O3. The van der Waals surface area contributed by atoms with Gasteiger partial charge in [0.2, 0.25) is 0 Å². The summed E-state index contributed by atoms with van der Waals surface area (Å²) in [7, 11) is 0. The molecule has 102 valence electrons. The highest BCUT2D eigenvalue weighted by Crippen LogP contribution is 2.19. The Morgan fingerprint density at radius 3 is 3.00 bits per heavy atom. The van der Waals surface area contributed by atoms with Crippen molar-refractivity contribution in [3.8, 4) is 0 Å². The molecule has 2 heterocycles. The first kappa shape index (κ1) is 13.4. The number of carbonyl (C=O) groups is 1. The van der Waals surface area contributed by atoms with Crippen LogP contribution in [0.4, 0.5) is 0 Å². The SMILES string of the molecule is CCc1ncc(C(=O)NCC(C)(O)c2ccco2)[nH]1. The van der Waals surface area contributed by atoms with E-state index in [0.29, 0.717) is 11.5 Å². The lowest BCUT2D eigenvalue weighted by Gasteiger charge is -2.20. The van der Waals surface area contributed by atoms with E-state index in [9.17, 15) is 9.90 Å². The number of aliphatic hydroxyl groups is 1. The molecule has 2 aromatic rings. The van der Waals surface area contributed by atoms with Crippen molar-refractivity contribution < 1.29 is 14.3 Å². The predicted molar refractivity (Wildman–Crippen MR) is 68.6 cm³/mol. The van der Waals surface area contributed by atoms with E-state index >= 15 is 0 Å². The molecule has 0 aliphatic rings. The Bertz CT molecular complexity index is 543. The summed E-state index contributed by atoms with van der Waals surface area (Å²) in [5.41, 5.74) is -0.862. The average molecular weight is 263 g/mol. The number of nitrogens with one attached hydrogen (secondary N) is 2. The van der Waals surface area contributed by atoms with Crippen molar-refractivity contribution in [1.29, 1.82) is 0 Å². The second kappa shape index (κ2) is 5.27. The van der Waals surface area contributed by atoms with E-state index in [1.807, 2.05) is 6.92 Å². The van der Waals surface area contributed by atoms with Crippen molar-refractivity contribution >= 4 is 5.91 Å². The molecule has 0 radical (unpaired) electrons. The minimum atomic E-state index is -1.24. The highest BCUT2D eigenvalue weighted by atomic mass is 16.4. The van der Waals surface area contributed by atoms with Crippen molar-refractivity contribution in [2.45, 2.75) is 25.9 Å². The van der Waals surface area contributed by atoms with E-state index in [4.69, 9.17) is 4.42 Å². The molecule has 3 N–H and O–H groups in total. The van der Waals surface area contributed by atoms with Gasteiger partial charge in [0.15, 0.2) is 0 Å². The third-order valence-corrected chi connectivity index (χ3v) is 2.85. The Morgan fingerprint density at radius 1 is 1.63 bits per heavy atom. The third kappa shape index (κ3) is 3.03. The number of aromatic nitrogens is 2. The number of furan rings is 1. The van der Waals surface area contributed by atoms with Gasteiger partial charge in [0.25, 0.3) is 5.91 Å². The molecular weight excluding hydrogens is 246 g/mol. The normalized spacial score (nSPS) is 14.1. The van der Waals surface area contributed by atoms with Crippen LogP contribution < -0.4 is 5.32 Å². The quantitative estimate of drug-likeness (QED) is 0.756. The molecule has 0 saturated heterocycles. The number of amides is 1. The standard InChI is InChI=1S/C13H17N3O3/c1-3-11-14-7-9(16-11)12(17)15-8-13(2,18)10-5-4-6-19-10/h4-7,18H,3,8H2,1-2H3,(H,14,16)(H,15,17). The number of H-pyrrole nitrogens is 1. The first-order chi connectivity index (χ1) is 9.03. The monoisotopic (exact) mass is 263 g/mol. The first-order valence-corrected chi connectivity index (χ1v) is 6.11. The van der Waals surface area contributed by atoms with Gasteiger partial charge in [-0.3, -0.25) is 4.79 Å². The van der Waals surface area contributed by atoms with Crippen molar-refractivity contribution in [3.05, 3.63) is 41.9 Å². The Balaban J connectivity index is 1.97. The Hall–Kier alpha value is -2.08. The summed E-state index contributed by atoms with van der Waals surface area (Å²) >= 11 is 0. The van der Waals surface area contributed by atoms with E-state index in [-0.39, 0.29) is 12.5 Å². The number of aryl methyl sites for hydroxylation is 1. The highest BCUT2D eigenvalue weighted by molar-refractivity contribution is 5.92. The summed E-state index contributed by atoms with van der Waals surface area (Å²) in [4.78, 5) is 18.8. The van der Waals surface area contributed by atoms with E-state index in [1.54, 1.807) is 19.1 Å². The summed E-state index contributed by atoms with van der Waals surface area (Å²) in [5.74, 6) is 0.855. The molecule has 0 aliphatic heterocycles. The summed E-state index contributed by atoms with van der Waals surface area (Å²) < 4.78 is 5.14. The van der Waals surface area contributed by atoms with Crippen molar-refractivity contribution in [3.63, 3.8) is 0 Å². The topological polar surface area (TPSA) is 91.2 Å². The van der Waals surface area contributed by atoms with Crippen LogP contribution in [-0.2, 0) is 12.0 Å². The minimum Gasteiger partial charge on any atom is -0.466 e. The maximum atomic E-state index is 11.9. The zero-order chi connectivity index (χ0) is 13.9. The lowest BCUT2D eigenvalue weighted by Crippen LogP contribution is -2.38. The van der Waals surface area contributed by atoms with Crippen LogP contribution in [0.1, 0.15) is 35.9 Å². The zero-order valence-electron chi connectivity index (χ0n) is 10.9. The van der Waals surface area contributed by atoms with Gasteiger partial charge in [0.05, 0.1) is 19.0 Å². The summed E-state index contributed by atoms with van der Waals surface area (Å²) in [5, 5.41) is 12.8. The maximum Gasteiger partial charge on any atom is 0.269 e. The number of nitrogens with zero attached hydrogens (tertiary/aromatic N) is 1. The fraction of sp³-hybridized carbons (Fsp3) is 0.385. The number of hydrogen-bond acceptors (Lipinski definition) is 4. The van der Waals surface area contributed by atoms with Crippen molar-refractivity contribution in [2.24, 2.45) is 0 Å². The number of aromatic amines is 1. The molecule has 1 unspecified atom stereocenters. The smallest absolute Gasteiger partial charge is 0.269 e. The van der Waals surface area contributed by atoms with Crippen LogP contribution in [0.25, 0.3) is 0 Å². The van der Waals surface area contributed by atoms with Crippen LogP contribution in [0.3, 0.4) is 0 Å². The first-order valence-electron chi connectivity index (χ1n) is 6.11. The summed E-state index contributed by atoms with van der Waals surface area (Å²) in [6.07, 6.45) is 3.70. The van der Waals surface area contributed by atoms with E-state index < -0.39 is 5.60 Å². The number of imidazole rings is 1. The Morgan fingerprint density at radius 2 is 2.42 bits per heavy atom. The lowest BCUT2D eigenvalue weighted by molar-refractivity contribution is 0.0329. The number of carbonyl (C=O) groups excluding carboxylic acids is 1. The van der Waals surface area contributed by atoms with E-state index in [1.165, 1.54) is 12.5 Å².